The molecule has 4 rings (SSSR count). The van der Waals surface area contributed by atoms with Crippen LogP contribution in [0.25, 0.3) is 11.3 Å². The number of aromatic nitrogens is 2. The number of fused-ring (bicyclic) bond motifs is 1. The predicted molar refractivity (Wildman–Crippen MR) is 91.7 cm³/mol. The van der Waals surface area contributed by atoms with E-state index in [0.29, 0.717) is 6.04 Å². The number of benzene rings is 1. The molecule has 5 heteroatoms. The zero-order valence-electron chi connectivity index (χ0n) is 14.0. The van der Waals surface area contributed by atoms with E-state index >= 15 is 0 Å². The summed E-state index contributed by atoms with van der Waals surface area (Å²) in [5.41, 5.74) is 2.36. The second-order valence-corrected chi connectivity index (χ2v) is 6.12. The molecule has 0 aliphatic carbocycles. The molecule has 0 fully saturated rings. The zero-order valence-corrected chi connectivity index (χ0v) is 14.0. The van der Waals surface area contributed by atoms with Crippen molar-refractivity contribution in [3.05, 3.63) is 60.4 Å². The van der Waals surface area contributed by atoms with E-state index in [4.69, 9.17) is 9.15 Å². The molecular weight excluding hydrogens is 302 g/mol. The van der Waals surface area contributed by atoms with Gasteiger partial charge in [0.05, 0.1) is 19.9 Å². The van der Waals surface area contributed by atoms with E-state index in [1.807, 2.05) is 24.3 Å². The van der Waals surface area contributed by atoms with Gasteiger partial charge in [-0.1, -0.05) is 0 Å². The number of oxazole rings is 1. The maximum absolute atomic E-state index is 5.96. The molecule has 1 aliphatic rings. The molecule has 24 heavy (non-hydrogen) atoms. The summed E-state index contributed by atoms with van der Waals surface area (Å²) in [5.74, 6) is 2.39. The number of methoxy groups -OCH3 is 1. The summed E-state index contributed by atoms with van der Waals surface area (Å²) in [6.45, 7) is 4.97. The van der Waals surface area contributed by atoms with E-state index in [0.717, 1.165) is 42.6 Å². The first kappa shape index (κ1) is 15.0. The molecule has 0 spiro atoms. The number of ether oxygens (including phenoxy) is 1. The minimum absolute atomic E-state index is 0.366. The van der Waals surface area contributed by atoms with Crippen LogP contribution in [0.2, 0.25) is 0 Å². The van der Waals surface area contributed by atoms with E-state index in [2.05, 4.69) is 39.7 Å². The van der Waals surface area contributed by atoms with Crippen molar-refractivity contribution in [2.24, 2.45) is 0 Å². The van der Waals surface area contributed by atoms with Crippen LogP contribution in [0.5, 0.6) is 5.75 Å². The Morgan fingerprint density at radius 1 is 1.21 bits per heavy atom. The molecule has 0 saturated carbocycles. The van der Waals surface area contributed by atoms with Crippen molar-refractivity contribution in [3.63, 3.8) is 0 Å². The van der Waals surface area contributed by atoms with Crippen molar-refractivity contribution in [2.45, 2.75) is 26.1 Å². The maximum Gasteiger partial charge on any atom is 0.209 e. The standard InChI is InChI=1S/C19H21N3O2/c1-14-17-4-3-9-21(17)10-11-22(14)13-19-20-12-18(24-19)15-5-7-16(23-2)8-6-15/h3-9,12,14H,10-11,13H2,1-2H3/t14-/m0/s1. The Kier molecular flexibility index (Phi) is 3.86. The lowest BCUT2D eigenvalue weighted by Crippen LogP contribution is -2.35. The number of hydrogen-bond donors (Lipinski definition) is 0. The van der Waals surface area contributed by atoms with Crippen molar-refractivity contribution in [1.82, 2.24) is 14.5 Å². The molecule has 0 amide bonds. The van der Waals surface area contributed by atoms with E-state index in [1.54, 1.807) is 13.3 Å². The Bertz CT molecular complexity index is 819. The normalized spacial score (nSPS) is 17.7. The highest BCUT2D eigenvalue weighted by Crippen LogP contribution is 2.28. The third-order valence-corrected chi connectivity index (χ3v) is 4.73. The summed E-state index contributed by atoms with van der Waals surface area (Å²) in [7, 11) is 1.66. The molecule has 5 nitrogen and oxygen atoms in total. The molecule has 3 heterocycles. The van der Waals surface area contributed by atoms with Gasteiger partial charge in [0.2, 0.25) is 5.89 Å². The maximum atomic E-state index is 5.96. The van der Waals surface area contributed by atoms with Crippen LogP contribution in [-0.2, 0) is 13.1 Å². The topological polar surface area (TPSA) is 43.4 Å². The summed E-state index contributed by atoms with van der Waals surface area (Å²) in [4.78, 5) is 6.86. The van der Waals surface area contributed by atoms with Crippen LogP contribution in [0.4, 0.5) is 0 Å². The largest absolute Gasteiger partial charge is 0.497 e. The first-order valence-electron chi connectivity index (χ1n) is 8.23. The molecule has 3 aromatic rings. The summed E-state index contributed by atoms with van der Waals surface area (Å²) in [6, 6.07) is 12.5. The van der Waals surface area contributed by atoms with E-state index in [1.165, 1.54) is 5.69 Å². The lowest BCUT2D eigenvalue weighted by atomic mass is 10.1. The Labute approximate surface area is 141 Å². The van der Waals surface area contributed by atoms with Gasteiger partial charge in [-0.05, 0) is 43.3 Å². The summed E-state index contributed by atoms with van der Waals surface area (Å²) in [6.07, 6.45) is 3.95. The molecule has 1 atom stereocenters. The van der Waals surface area contributed by atoms with Gasteiger partial charge >= 0.3 is 0 Å². The fourth-order valence-corrected chi connectivity index (χ4v) is 3.29. The average Bonchev–Trinajstić information content (AvgIpc) is 3.27. The lowest BCUT2D eigenvalue weighted by Gasteiger charge is -2.33. The Morgan fingerprint density at radius 2 is 2.04 bits per heavy atom. The summed E-state index contributed by atoms with van der Waals surface area (Å²) >= 11 is 0. The third kappa shape index (κ3) is 2.71. The highest BCUT2D eigenvalue weighted by atomic mass is 16.5. The molecular formula is C19H21N3O2. The zero-order chi connectivity index (χ0) is 16.5. The van der Waals surface area contributed by atoms with Crippen molar-refractivity contribution >= 4 is 0 Å². The first-order valence-corrected chi connectivity index (χ1v) is 8.23. The van der Waals surface area contributed by atoms with Crippen LogP contribution >= 0.6 is 0 Å². The SMILES string of the molecule is COc1ccc(-c2cnc(CN3CCn4cccc4[C@@H]3C)o2)cc1. The summed E-state index contributed by atoms with van der Waals surface area (Å²) in [5, 5.41) is 0. The number of hydrogen-bond acceptors (Lipinski definition) is 4. The predicted octanol–water partition coefficient (Wildman–Crippen LogP) is 3.73. The molecule has 1 aliphatic heterocycles. The average molecular weight is 323 g/mol. The van der Waals surface area contributed by atoms with Gasteiger partial charge in [0.15, 0.2) is 5.76 Å². The van der Waals surface area contributed by atoms with Gasteiger partial charge in [-0.15, -0.1) is 0 Å². The monoisotopic (exact) mass is 323 g/mol. The van der Waals surface area contributed by atoms with Crippen molar-refractivity contribution in [2.75, 3.05) is 13.7 Å². The van der Waals surface area contributed by atoms with Crippen LogP contribution in [-0.4, -0.2) is 28.1 Å². The van der Waals surface area contributed by atoms with Crippen LogP contribution in [0, 0.1) is 0 Å². The third-order valence-electron chi connectivity index (χ3n) is 4.73. The molecule has 0 N–H and O–H groups in total. The fraction of sp³-hybridized carbons (Fsp3) is 0.316. The van der Waals surface area contributed by atoms with Crippen LogP contribution in [0.3, 0.4) is 0 Å². The molecule has 0 bridgehead atoms. The Morgan fingerprint density at radius 3 is 2.83 bits per heavy atom. The summed E-state index contributed by atoms with van der Waals surface area (Å²) < 4.78 is 13.5. The molecule has 0 radical (unpaired) electrons. The van der Waals surface area contributed by atoms with Crippen LogP contribution < -0.4 is 4.74 Å². The van der Waals surface area contributed by atoms with Crippen molar-refractivity contribution < 1.29 is 9.15 Å². The second kappa shape index (κ2) is 6.17. The lowest BCUT2D eigenvalue weighted by molar-refractivity contribution is 0.147. The van der Waals surface area contributed by atoms with Gasteiger partial charge in [-0.3, -0.25) is 4.90 Å². The second-order valence-electron chi connectivity index (χ2n) is 6.12. The number of rotatable bonds is 4. The Balaban J connectivity index is 1.49. The van der Waals surface area contributed by atoms with Gasteiger partial charge in [-0.25, -0.2) is 4.98 Å². The van der Waals surface area contributed by atoms with Gasteiger partial charge in [0.1, 0.15) is 5.75 Å². The number of nitrogens with zero attached hydrogens (tertiary/aromatic N) is 3. The van der Waals surface area contributed by atoms with Crippen LogP contribution in [0.15, 0.2) is 53.2 Å². The quantitative estimate of drug-likeness (QED) is 0.734. The van der Waals surface area contributed by atoms with E-state index in [-0.39, 0.29) is 0 Å². The van der Waals surface area contributed by atoms with Crippen molar-refractivity contribution in [3.8, 4) is 17.1 Å². The molecule has 0 saturated heterocycles. The molecule has 0 unspecified atom stereocenters. The smallest absolute Gasteiger partial charge is 0.209 e. The minimum atomic E-state index is 0.366. The van der Waals surface area contributed by atoms with E-state index in [9.17, 15) is 0 Å². The van der Waals surface area contributed by atoms with Crippen LogP contribution in [0.1, 0.15) is 24.6 Å². The van der Waals surface area contributed by atoms with Crippen molar-refractivity contribution in [1.29, 1.82) is 0 Å². The first-order chi connectivity index (χ1) is 11.7. The van der Waals surface area contributed by atoms with Gasteiger partial charge < -0.3 is 13.7 Å². The minimum Gasteiger partial charge on any atom is -0.497 e. The molecule has 124 valence electrons. The van der Waals surface area contributed by atoms with E-state index < -0.39 is 0 Å². The highest BCUT2D eigenvalue weighted by molar-refractivity contribution is 5.57. The van der Waals surface area contributed by atoms with Gasteiger partial charge in [-0.2, -0.15) is 0 Å². The van der Waals surface area contributed by atoms with Gasteiger partial charge in [0.25, 0.3) is 0 Å². The Hall–Kier alpha value is -2.53. The fourth-order valence-electron chi connectivity index (χ4n) is 3.29. The molecule has 1 aromatic carbocycles. The van der Waals surface area contributed by atoms with Gasteiger partial charge in [0, 0.05) is 36.6 Å². The molecule has 2 aromatic heterocycles. The highest BCUT2D eigenvalue weighted by Gasteiger charge is 2.24.